The summed E-state index contributed by atoms with van der Waals surface area (Å²) in [7, 11) is 4.50. The average Bonchev–Trinajstić information content (AvgIpc) is 3.12. The molecule has 0 unspecified atom stereocenters. The molecule has 1 fully saturated rings. The fourth-order valence-electron chi connectivity index (χ4n) is 4.01. The van der Waals surface area contributed by atoms with Crippen molar-refractivity contribution < 1.29 is 33.3 Å². The minimum Gasteiger partial charge on any atom is -0.493 e. The second-order valence-electron chi connectivity index (χ2n) is 7.54. The molecule has 4 rings (SSSR count). The molecule has 2 aromatic rings. The van der Waals surface area contributed by atoms with E-state index in [0.29, 0.717) is 22.8 Å². The zero-order valence-electron chi connectivity index (χ0n) is 17.3. The molecule has 0 saturated heterocycles. The van der Waals surface area contributed by atoms with Crippen molar-refractivity contribution in [3.63, 3.8) is 0 Å². The smallest absolute Gasteiger partial charge is 0.338 e. The molecule has 2 aliphatic rings. The first-order valence-electron chi connectivity index (χ1n) is 9.79. The molecule has 0 aromatic heterocycles. The third-order valence-electron chi connectivity index (χ3n) is 5.92. The zero-order chi connectivity index (χ0) is 21.3. The van der Waals surface area contributed by atoms with E-state index < -0.39 is 5.41 Å². The van der Waals surface area contributed by atoms with Gasteiger partial charge in [0, 0.05) is 11.1 Å². The molecule has 1 heterocycles. The maximum atomic E-state index is 12.3. The van der Waals surface area contributed by atoms with Crippen molar-refractivity contribution in [1.29, 1.82) is 0 Å². The summed E-state index contributed by atoms with van der Waals surface area (Å²) in [4.78, 5) is 24.1. The second-order valence-corrected chi connectivity index (χ2v) is 7.54. The first-order chi connectivity index (χ1) is 14.5. The van der Waals surface area contributed by atoms with Crippen LogP contribution in [-0.4, -0.2) is 39.9 Å². The largest absolute Gasteiger partial charge is 0.493 e. The van der Waals surface area contributed by atoms with E-state index in [4.69, 9.17) is 23.7 Å². The summed E-state index contributed by atoms with van der Waals surface area (Å²) in [5.41, 5.74) is 2.38. The highest BCUT2D eigenvalue weighted by Gasteiger charge is 2.46. The highest BCUT2D eigenvalue weighted by atomic mass is 16.5. The summed E-state index contributed by atoms with van der Waals surface area (Å²) < 4.78 is 27.4. The number of cyclic esters (lactones) is 1. The van der Waals surface area contributed by atoms with Crippen LogP contribution >= 0.6 is 0 Å². The van der Waals surface area contributed by atoms with E-state index in [9.17, 15) is 9.59 Å². The van der Waals surface area contributed by atoms with Crippen LogP contribution in [0.1, 0.15) is 35.2 Å². The Morgan fingerprint density at radius 2 is 1.80 bits per heavy atom. The monoisotopic (exact) mass is 412 g/mol. The number of hydrogen-bond acceptors (Lipinski definition) is 7. The maximum absolute atomic E-state index is 12.3. The van der Waals surface area contributed by atoms with E-state index in [-0.39, 0.29) is 25.2 Å². The van der Waals surface area contributed by atoms with Crippen LogP contribution in [0.15, 0.2) is 30.3 Å². The lowest BCUT2D eigenvalue weighted by atomic mass is 9.69. The third kappa shape index (κ3) is 3.24. The Kier molecular flexibility index (Phi) is 5.28. The molecule has 7 nitrogen and oxygen atoms in total. The zero-order valence-corrected chi connectivity index (χ0v) is 17.3. The van der Waals surface area contributed by atoms with Gasteiger partial charge in [-0.25, -0.2) is 4.79 Å². The van der Waals surface area contributed by atoms with Crippen LogP contribution in [0.3, 0.4) is 0 Å². The maximum Gasteiger partial charge on any atom is 0.338 e. The predicted octanol–water partition coefficient (Wildman–Crippen LogP) is 3.76. The highest BCUT2D eigenvalue weighted by molar-refractivity contribution is 5.94. The standard InChI is InChI=1S/C23H24O7/c1-26-18-8-7-16(14-5-6-17-15(11-14)12-29-21(17)24)19(20(18)27-2)30-13-23(9-4-10-23)22(25)28-3/h5-8,11H,4,9-10,12-13H2,1-3H3. The lowest BCUT2D eigenvalue weighted by Crippen LogP contribution is -2.44. The normalized spacial score (nSPS) is 16.2. The van der Waals surface area contributed by atoms with Crippen molar-refractivity contribution in [2.45, 2.75) is 25.9 Å². The van der Waals surface area contributed by atoms with Gasteiger partial charge in [-0.3, -0.25) is 4.79 Å². The number of rotatable bonds is 7. The van der Waals surface area contributed by atoms with Crippen molar-refractivity contribution in [3.05, 3.63) is 41.5 Å². The van der Waals surface area contributed by atoms with Crippen molar-refractivity contribution >= 4 is 11.9 Å². The molecule has 0 spiro atoms. The Bertz CT molecular complexity index is 991. The fourth-order valence-corrected chi connectivity index (χ4v) is 4.01. The number of hydrogen-bond donors (Lipinski definition) is 0. The number of esters is 2. The average molecular weight is 412 g/mol. The van der Waals surface area contributed by atoms with Gasteiger partial charge in [0.25, 0.3) is 0 Å². The predicted molar refractivity (Wildman–Crippen MR) is 108 cm³/mol. The van der Waals surface area contributed by atoms with Crippen LogP contribution in [-0.2, 0) is 20.9 Å². The van der Waals surface area contributed by atoms with Crippen molar-refractivity contribution in [2.24, 2.45) is 5.41 Å². The van der Waals surface area contributed by atoms with Gasteiger partial charge in [0.15, 0.2) is 11.5 Å². The summed E-state index contributed by atoms with van der Waals surface area (Å²) in [5.74, 6) is 0.881. The van der Waals surface area contributed by atoms with Crippen LogP contribution in [0.25, 0.3) is 11.1 Å². The topological polar surface area (TPSA) is 80.3 Å². The molecule has 0 radical (unpaired) electrons. The van der Waals surface area contributed by atoms with Gasteiger partial charge in [-0.1, -0.05) is 12.5 Å². The van der Waals surface area contributed by atoms with Gasteiger partial charge in [-0.05, 0) is 42.7 Å². The quantitative estimate of drug-likeness (QED) is 0.641. The summed E-state index contributed by atoms with van der Waals surface area (Å²) in [6, 6.07) is 9.19. The Morgan fingerprint density at radius 3 is 2.43 bits per heavy atom. The number of carbonyl (C=O) groups excluding carboxylic acids is 2. The number of benzene rings is 2. The van der Waals surface area contributed by atoms with E-state index in [2.05, 4.69) is 0 Å². The van der Waals surface area contributed by atoms with Gasteiger partial charge < -0.3 is 23.7 Å². The lowest BCUT2D eigenvalue weighted by Gasteiger charge is -2.38. The summed E-state index contributed by atoms with van der Waals surface area (Å²) >= 11 is 0. The van der Waals surface area contributed by atoms with Crippen LogP contribution in [0.2, 0.25) is 0 Å². The Labute approximate surface area is 174 Å². The third-order valence-corrected chi connectivity index (χ3v) is 5.92. The van der Waals surface area contributed by atoms with Gasteiger partial charge in [0.1, 0.15) is 18.6 Å². The number of methoxy groups -OCH3 is 3. The van der Waals surface area contributed by atoms with Crippen LogP contribution in [0, 0.1) is 5.41 Å². The molecule has 1 aliphatic carbocycles. The van der Waals surface area contributed by atoms with Crippen LogP contribution in [0.5, 0.6) is 17.2 Å². The lowest BCUT2D eigenvalue weighted by molar-refractivity contribution is -0.161. The molecule has 0 atom stereocenters. The first-order valence-corrected chi connectivity index (χ1v) is 9.79. The number of ether oxygens (including phenoxy) is 5. The fraction of sp³-hybridized carbons (Fsp3) is 0.391. The molecule has 0 amide bonds. The Hall–Kier alpha value is -3.22. The molecule has 7 heteroatoms. The van der Waals surface area contributed by atoms with Gasteiger partial charge in [-0.2, -0.15) is 0 Å². The Morgan fingerprint density at radius 1 is 1.03 bits per heavy atom. The molecular weight excluding hydrogens is 388 g/mol. The molecule has 1 aliphatic heterocycles. The Balaban J connectivity index is 1.74. The minimum absolute atomic E-state index is 0.183. The van der Waals surface area contributed by atoms with E-state index in [1.807, 2.05) is 18.2 Å². The molecule has 0 N–H and O–H groups in total. The van der Waals surface area contributed by atoms with Crippen LogP contribution < -0.4 is 14.2 Å². The van der Waals surface area contributed by atoms with Crippen molar-refractivity contribution in [1.82, 2.24) is 0 Å². The summed E-state index contributed by atoms with van der Waals surface area (Å²) in [6.07, 6.45) is 2.40. The molecule has 1 saturated carbocycles. The minimum atomic E-state index is -0.641. The van der Waals surface area contributed by atoms with Crippen molar-refractivity contribution in [3.8, 4) is 28.4 Å². The molecule has 0 bridgehead atoms. The summed E-state index contributed by atoms with van der Waals surface area (Å²) in [5, 5.41) is 0. The van der Waals surface area contributed by atoms with E-state index >= 15 is 0 Å². The van der Waals surface area contributed by atoms with Crippen LogP contribution in [0.4, 0.5) is 0 Å². The van der Waals surface area contributed by atoms with Gasteiger partial charge in [0.05, 0.1) is 26.9 Å². The van der Waals surface area contributed by atoms with Gasteiger partial charge in [-0.15, -0.1) is 0 Å². The molecular formula is C23H24O7. The van der Waals surface area contributed by atoms with E-state index in [0.717, 1.165) is 36.0 Å². The first kappa shape index (κ1) is 20.1. The second kappa shape index (κ2) is 7.89. The SMILES string of the molecule is COC(=O)C1(COc2c(-c3ccc4c(c3)COC4=O)ccc(OC)c2OC)CCC1. The number of fused-ring (bicyclic) bond motifs is 1. The van der Waals surface area contributed by atoms with Crippen molar-refractivity contribution in [2.75, 3.05) is 27.9 Å². The summed E-state index contributed by atoms with van der Waals surface area (Å²) in [6.45, 7) is 0.430. The number of carbonyl (C=O) groups is 2. The van der Waals surface area contributed by atoms with Gasteiger partial charge in [0.2, 0.25) is 5.75 Å². The van der Waals surface area contributed by atoms with Gasteiger partial charge >= 0.3 is 11.9 Å². The highest BCUT2D eigenvalue weighted by Crippen LogP contribution is 2.48. The van der Waals surface area contributed by atoms with E-state index in [1.165, 1.54) is 7.11 Å². The van der Waals surface area contributed by atoms with E-state index in [1.54, 1.807) is 26.4 Å². The molecule has 2 aromatic carbocycles. The molecule has 158 valence electrons. The molecule has 30 heavy (non-hydrogen) atoms.